The highest BCUT2D eigenvalue weighted by atomic mass is 28.3. The van der Waals surface area contributed by atoms with E-state index < -0.39 is 44.6 Å². The Morgan fingerprint density at radius 1 is 1.16 bits per heavy atom. The van der Waals surface area contributed by atoms with Crippen LogP contribution in [0.3, 0.4) is 0 Å². The number of rotatable bonds is 8. The minimum atomic E-state index is -1.98. The summed E-state index contributed by atoms with van der Waals surface area (Å²) in [5.41, 5.74) is 0.280. The molecule has 5 atom stereocenters. The fourth-order valence-electron chi connectivity index (χ4n) is 4.14. The lowest BCUT2D eigenvalue weighted by molar-refractivity contribution is -0.442. The van der Waals surface area contributed by atoms with Crippen LogP contribution in [-0.2, 0) is 28.7 Å². The Hall–Kier alpha value is -1.78. The van der Waals surface area contributed by atoms with Crippen molar-refractivity contribution in [2.45, 2.75) is 75.9 Å². The number of carbonyl (C=O) groups excluding carboxylic acids is 2. The molecule has 0 bridgehead atoms. The summed E-state index contributed by atoms with van der Waals surface area (Å²) in [7, 11) is -0.637. The van der Waals surface area contributed by atoms with Gasteiger partial charge in [0.15, 0.2) is 12.4 Å². The Labute approximate surface area is 184 Å². The maximum Gasteiger partial charge on any atom is 0.338 e. The average Bonchev–Trinajstić information content (AvgIpc) is 3.14. The minimum Gasteiger partial charge on any atom is -0.467 e. The summed E-state index contributed by atoms with van der Waals surface area (Å²) in [5.74, 6) is -0.877. The van der Waals surface area contributed by atoms with E-state index in [1.54, 1.807) is 24.3 Å². The summed E-state index contributed by atoms with van der Waals surface area (Å²) in [5, 5.41) is 1.33. The zero-order chi connectivity index (χ0) is 22.6. The van der Waals surface area contributed by atoms with Crippen molar-refractivity contribution in [1.29, 1.82) is 0 Å². The monoisotopic (exact) mass is 451 g/mol. The molecule has 0 amide bonds. The summed E-state index contributed by atoms with van der Waals surface area (Å²) in [6, 6.07) is 8.44. The molecule has 9 heteroatoms. The molecule has 0 unspecified atom stereocenters. The van der Waals surface area contributed by atoms with E-state index in [0.717, 1.165) is 12.8 Å². The van der Waals surface area contributed by atoms with Gasteiger partial charge in [0.1, 0.15) is 12.1 Å². The molecular weight excluding hydrogens is 418 g/mol. The van der Waals surface area contributed by atoms with Gasteiger partial charge in [-0.15, -0.1) is 0 Å². The summed E-state index contributed by atoms with van der Waals surface area (Å²) >= 11 is 0. The number of hydroxylamine groups is 2. The van der Waals surface area contributed by atoms with E-state index >= 15 is 0 Å². The first-order chi connectivity index (χ1) is 14.8. The van der Waals surface area contributed by atoms with Gasteiger partial charge >= 0.3 is 11.9 Å². The highest BCUT2D eigenvalue weighted by Crippen LogP contribution is 2.46. The van der Waals surface area contributed by atoms with Gasteiger partial charge in [-0.3, -0.25) is 4.84 Å². The highest BCUT2D eigenvalue weighted by molar-refractivity contribution is 6.78. The van der Waals surface area contributed by atoms with Crippen LogP contribution in [0.4, 0.5) is 0 Å². The Morgan fingerprint density at radius 2 is 1.87 bits per heavy atom. The lowest BCUT2D eigenvalue weighted by Crippen LogP contribution is -2.55. The molecule has 0 aliphatic carbocycles. The Bertz CT molecular complexity index is 754. The van der Waals surface area contributed by atoms with Crippen LogP contribution in [0.2, 0.25) is 25.2 Å². The third-order valence-corrected chi connectivity index (χ3v) is 8.33. The number of esters is 2. The normalized spacial score (nSPS) is 28.7. The van der Waals surface area contributed by atoms with Crippen LogP contribution in [0, 0.1) is 0 Å². The zero-order valence-electron chi connectivity index (χ0n) is 18.9. The first-order valence-electron chi connectivity index (χ1n) is 10.8. The van der Waals surface area contributed by atoms with Crippen LogP contribution in [-0.4, -0.2) is 63.5 Å². The van der Waals surface area contributed by atoms with Gasteiger partial charge in [0.25, 0.3) is 0 Å². The molecule has 172 valence electrons. The number of benzene rings is 1. The molecule has 2 saturated heterocycles. The fourth-order valence-corrected chi connectivity index (χ4v) is 6.60. The molecule has 0 saturated carbocycles. The van der Waals surface area contributed by atoms with Gasteiger partial charge < -0.3 is 14.2 Å². The third-order valence-electron chi connectivity index (χ3n) is 5.69. The smallest absolute Gasteiger partial charge is 0.338 e. The molecule has 2 aliphatic rings. The van der Waals surface area contributed by atoms with Crippen LogP contribution in [0.5, 0.6) is 0 Å². The number of fused-ring (bicyclic) bond motifs is 1. The van der Waals surface area contributed by atoms with Gasteiger partial charge in [-0.25, -0.2) is 14.4 Å². The maximum absolute atomic E-state index is 12.9. The predicted octanol–water partition coefficient (Wildman–Crippen LogP) is 3.56. The molecule has 8 nitrogen and oxygen atoms in total. The van der Waals surface area contributed by atoms with Crippen LogP contribution >= 0.6 is 0 Å². The van der Waals surface area contributed by atoms with Crippen molar-refractivity contribution in [3.05, 3.63) is 35.9 Å². The van der Waals surface area contributed by atoms with Crippen LogP contribution < -0.4 is 0 Å². The van der Waals surface area contributed by atoms with Crippen molar-refractivity contribution in [3.8, 4) is 0 Å². The van der Waals surface area contributed by atoms with Gasteiger partial charge in [0, 0.05) is 18.6 Å². The van der Waals surface area contributed by atoms with Gasteiger partial charge in [-0.1, -0.05) is 56.4 Å². The number of carbonyl (C=O) groups is 2. The predicted molar refractivity (Wildman–Crippen MR) is 116 cm³/mol. The van der Waals surface area contributed by atoms with E-state index in [1.165, 1.54) is 12.3 Å². The Morgan fingerprint density at radius 3 is 2.48 bits per heavy atom. The molecule has 1 aromatic rings. The third kappa shape index (κ3) is 5.53. The van der Waals surface area contributed by atoms with E-state index in [4.69, 9.17) is 23.9 Å². The van der Waals surface area contributed by atoms with E-state index in [0.29, 0.717) is 18.6 Å². The van der Waals surface area contributed by atoms with Crippen molar-refractivity contribution < 1.29 is 33.5 Å². The van der Waals surface area contributed by atoms with Crippen LogP contribution in [0.15, 0.2) is 30.3 Å². The molecule has 0 aromatic heterocycles. The molecule has 2 fully saturated rings. The molecule has 0 radical (unpaired) electrons. The summed E-state index contributed by atoms with van der Waals surface area (Å²) in [4.78, 5) is 37.2. The van der Waals surface area contributed by atoms with Crippen molar-refractivity contribution in [2.75, 3.05) is 13.7 Å². The maximum atomic E-state index is 12.9. The second-order valence-corrected chi connectivity index (χ2v) is 14.4. The number of methoxy groups -OCH3 is 1. The number of unbranched alkanes of at least 4 members (excludes halogenated alkanes) is 1. The standard InChI is InChI=1S/C22H33NO7Si/c1-6-7-13-27-17-14-16(28-21(24)15-11-9-8-10-12-15)18-20(31(3,4)5)19(22(25)26-2)30-23(18)29-17/h8-12,16-20H,6-7,13-14H2,1-5H3/t16-,17-,18-,19+,20+/m1/s1. The molecular formula is C22H33NO7Si. The second-order valence-electron chi connectivity index (χ2n) is 9.02. The van der Waals surface area contributed by atoms with Gasteiger partial charge in [-0.2, -0.15) is 0 Å². The molecule has 1 aromatic carbocycles. The Balaban J connectivity index is 1.88. The van der Waals surface area contributed by atoms with Gasteiger partial charge in [0.2, 0.25) is 0 Å². The topological polar surface area (TPSA) is 83.5 Å². The first-order valence-corrected chi connectivity index (χ1v) is 14.4. The Kier molecular flexibility index (Phi) is 7.87. The lowest BCUT2D eigenvalue weighted by atomic mass is 10.00. The van der Waals surface area contributed by atoms with Gasteiger partial charge in [0.05, 0.1) is 20.7 Å². The van der Waals surface area contributed by atoms with Crippen LogP contribution in [0.1, 0.15) is 36.5 Å². The van der Waals surface area contributed by atoms with Crippen LogP contribution in [0.25, 0.3) is 0 Å². The molecule has 0 spiro atoms. The lowest BCUT2D eigenvalue weighted by Gasteiger charge is -2.41. The first kappa shape index (κ1) is 23.9. The number of hydrogen-bond acceptors (Lipinski definition) is 8. The molecule has 2 aliphatic heterocycles. The average molecular weight is 452 g/mol. The van der Waals surface area contributed by atoms with Crippen molar-refractivity contribution in [3.63, 3.8) is 0 Å². The number of ether oxygens (including phenoxy) is 3. The van der Waals surface area contributed by atoms with Crippen molar-refractivity contribution >= 4 is 20.0 Å². The minimum absolute atomic E-state index is 0.190. The molecule has 31 heavy (non-hydrogen) atoms. The van der Waals surface area contributed by atoms with Gasteiger partial charge in [-0.05, 0) is 18.6 Å². The summed E-state index contributed by atoms with van der Waals surface area (Å²) in [6.07, 6.45) is 0.246. The zero-order valence-corrected chi connectivity index (χ0v) is 19.9. The molecule has 2 heterocycles. The van der Waals surface area contributed by atoms with E-state index in [-0.39, 0.29) is 5.54 Å². The summed E-state index contributed by atoms with van der Waals surface area (Å²) in [6.45, 7) is 9.06. The second kappa shape index (κ2) is 10.2. The molecule has 3 rings (SSSR count). The quantitative estimate of drug-likeness (QED) is 0.337. The number of nitrogens with zero attached hydrogens (tertiary/aromatic N) is 1. The number of hydrogen-bond donors (Lipinski definition) is 0. The van der Waals surface area contributed by atoms with E-state index in [9.17, 15) is 9.59 Å². The summed E-state index contributed by atoms with van der Waals surface area (Å²) < 4.78 is 16.8. The SMILES string of the molecule is CCCCO[C@H]1C[C@@H](OC(=O)c2ccccc2)[C@@H]2[C@H]([Si](C)(C)C)[C@@H](C(=O)OC)ON2O1. The largest absolute Gasteiger partial charge is 0.467 e. The van der Waals surface area contributed by atoms with Crippen molar-refractivity contribution in [1.82, 2.24) is 5.23 Å². The van der Waals surface area contributed by atoms with Crippen molar-refractivity contribution in [2.24, 2.45) is 0 Å². The van der Waals surface area contributed by atoms with E-state index in [1.807, 2.05) is 6.07 Å². The highest BCUT2D eigenvalue weighted by Gasteiger charge is 2.60. The fraction of sp³-hybridized carbons (Fsp3) is 0.636. The van der Waals surface area contributed by atoms with E-state index in [2.05, 4.69) is 26.6 Å². The molecule has 0 N–H and O–H groups in total.